The second-order valence-corrected chi connectivity index (χ2v) is 5.77. The van der Waals surface area contributed by atoms with E-state index in [4.69, 9.17) is 0 Å². The second-order valence-electron chi connectivity index (χ2n) is 5.77. The van der Waals surface area contributed by atoms with Crippen molar-refractivity contribution in [3.63, 3.8) is 0 Å². The van der Waals surface area contributed by atoms with Gasteiger partial charge in [-0.25, -0.2) is 13.2 Å². The second kappa shape index (κ2) is 6.99. The van der Waals surface area contributed by atoms with Gasteiger partial charge in [-0.3, -0.25) is 4.90 Å². The van der Waals surface area contributed by atoms with Crippen LogP contribution >= 0.6 is 12.4 Å². The molecule has 0 radical (unpaired) electrons. The van der Waals surface area contributed by atoms with Crippen LogP contribution in [0, 0.1) is 23.4 Å². The molecule has 1 aromatic carbocycles. The summed E-state index contributed by atoms with van der Waals surface area (Å²) in [4.78, 5) is 2.14. The lowest BCUT2D eigenvalue weighted by atomic mass is 9.97. The number of nitrogens with one attached hydrogen (secondary N) is 1. The first-order chi connectivity index (χ1) is 9.65. The first kappa shape index (κ1) is 16.6. The van der Waals surface area contributed by atoms with E-state index in [0.717, 1.165) is 51.5 Å². The molecule has 0 aromatic heterocycles. The van der Waals surface area contributed by atoms with Crippen LogP contribution in [0.25, 0.3) is 0 Å². The van der Waals surface area contributed by atoms with Crippen LogP contribution in [0.5, 0.6) is 0 Å². The van der Waals surface area contributed by atoms with Gasteiger partial charge in [-0.15, -0.1) is 12.4 Å². The Morgan fingerprint density at radius 3 is 2.43 bits per heavy atom. The molecule has 1 aliphatic heterocycles. The average molecular weight is 321 g/mol. The predicted octanol–water partition coefficient (Wildman–Crippen LogP) is 3.27. The fourth-order valence-corrected chi connectivity index (χ4v) is 2.95. The molecule has 2 aliphatic rings. The number of nitrogens with zero attached hydrogens (tertiary/aromatic N) is 1. The summed E-state index contributed by atoms with van der Waals surface area (Å²) in [5.41, 5.74) is 0.177. The van der Waals surface area contributed by atoms with E-state index in [9.17, 15) is 13.2 Å². The molecule has 1 saturated heterocycles. The molecule has 1 saturated carbocycles. The van der Waals surface area contributed by atoms with Gasteiger partial charge in [-0.05, 0) is 18.4 Å². The molecule has 1 heterocycles. The lowest BCUT2D eigenvalue weighted by Gasteiger charge is -2.35. The third-order valence-electron chi connectivity index (χ3n) is 4.23. The Morgan fingerprint density at radius 2 is 1.81 bits per heavy atom. The maximum atomic E-state index is 14.1. The monoisotopic (exact) mass is 320 g/mol. The first-order valence-corrected chi connectivity index (χ1v) is 7.24. The van der Waals surface area contributed by atoms with Gasteiger partial charge in [-0.2, -0.15) is 0 Å². The molecule has 21 heavy (non-hydrogen) atoms. The van der Waals surface area contributed by atoms with Crippen molar-refractivity contribution in [3.05, 3.63) is 35.1 Å². The number of halogens is 4. The van der Waals surface area contributed by atoms with Crippen LogP contribution in [-0.4, -0.2) is 31.1 Å². The third kappa shape index (κ3) is 3.90. The van der Waals surface area contributed by atoms with E-state index in [1.165, 1.54) is 0 Å². The zero-order chi connectivity index (χ0) is 14.1. The standard InChI is InChI=1S/C15H19F3N2.ClH/c16-11-8-12(15(18)13(17)9-11)14(7-10-1-2-10)20-5-3-19-4-6-20;/h8-10,14,19H,1-7H2;1H/t14-;/m0./s1. The minimum Gasteiger partial charge on any atom is -0.314 e. The van der Waals surface area contributed by atoms with Crippen LogP contribution in [0.1, 0.15) is 30.9 Å². The number of piperazine rings is 1. The fourth-order valence-electron chi connectivity index (χ4n) is 2.95. The highest BCUT2D eigenvalue weighted by atomic mass is 35.5. The van der Waals surface area contributed by atoms with Crippen molar-refractivity contribution in [2.24, 2.45) is 5.92 Å². The SMILES string of the molecule is Cl.Fc1cc(F)c(F)c([C@H](CC2CC2)N2CCNCC2)c1. The van der Waals surface area contributed by atoms with Crippen LogP contribution in [-0.2, 0) is 0 Å². The molecule has 3 rings (SSSR count). The lowest BCUT2D eigenvalue weighted by Crippen LogP contribution is -2.45. The zero-order valence-corrected chi connectivity index (χ0v) is 12.6. The third-order valence-corrected chi connectivity index (χ3v) is 4.23. The molecule has 0 amide bonds. The predicted molar refractivity (Wildman–Crippen MR) is 78.1 cm³/mol. The molecule has 1 N–H and O–H groups in total. The van der Waals surface area contributed by atoms with Crippen molar-refractivity contribution in [2.75, 3.05) is 26.2 Å². The van der Waals surface area contributed by atoms with E-state index in [-0.39, 0.29) is 24.0 Å². The van der Waals surface area contributed by atoms with Crippen LogP contribution in [0.15, 0.2) is 12.1 Å². The van der Waals surface area contributed by atoms with Crippen LogP contribution in [0.3, 0.4) is 0 Å². The Bertz CT molecular complexity index is 488. The summed E-state index contributed by atoms with van der Waals surface area (Å²) in [5, 5.41) is 3.24. The van der Waals surface area contributed by atoms with Gasteiger partial charge in [0.15, 0.2) is 11.6 Å². The van der Waals surface area contributed by atoms with E-state index in [1.54, 1.807) is 0 Å². The molecule has 118 valence electrons. The van der Waals surface area contributed by atoms with Crippen LogP contribution in [0.2, 0.25) is 0 Å². The maximum Gasteiger partial charge on any atom is 0.163 e. The normalized spacial score (nSPS) is 20.9. The molecule has 0 unspecified atom stereocenters. The zero-order valence-electron chi connectivity index (χ0n) is 11.7. The highest BCUT2D eigenvalue weighted by Gasteiger charge is 2.32. The summed E-state index contributed by atoms with van der Waals surface area (Å²) in [6.45, 7) is 3.24. The smallest absolute Gasteiger partial charge is 0.163 e. The number of hydrogen-bond donors (Lipinski definition) is 1. The van der Waals surface area contributed by atoms with Gasteiger partial charge >= 0.3 is 0 Å². The van der Waals surface area contributed by atoms with Crippen LogP contribution < -0.4 is 5.32 Å². The molecule has 1 atom stereocenters. The van der Waals surface area contributed by atoms with E-state index < -0.39 is 17.5 Å². The summed E-state index contributed by atoms with van der Waals surface area (Å²) >= 11 is 0. The van der Waals surface area contributed by atoms with Crippen LogP contribution in [0.4, 0.5) is 13.2 Å². The van der Waals surface area contributed by atoms with Crippen molar-refractivity contribution in [3.8, 4) is 0 Å². The molecular formula is C15H20ClF3N2. The van der Waals surface area contributed by atoms with E-state index >= 15 is 0 Å². The van der Waals surface area contributed by atoms with E-state index in [2.05, 4.69) is 10.2 Å². The molecule has 2 fully saturated rings. The largest absolute Gasteiger partial charge is 0.314 e. The first-order valence-electron chi connectivity index (χ1n) is 7.24. The fraction of sp³-hybridized carbons (Fsp3) is 0.600. The maximum absolute atomic E-state index is 14.1. The van der Waals surface area contributed by atoms with Gasteiger partial charge in [0.1, 0.15) is 5.82 Å². The van der Waals surface area contributed by atoms with Gasteiger partial charge in [-0.1, -0.05) is 12.8 Å². The summed E-state index contributed by atoms with van der Waals surface area (Å²) in [6, 6.07) is 1.56. The van der Waals surface area contributed by atoms with E-state index in [1.807, 2.05) is 0 Å². The van der Waals surface area contributed by atoms with Gasteiger partial charge in [0.05, 0.1) is 0 Å². The molecule has 2 nitrogen and oxygen atoms in total. The van der Waals surface area contributed by atoms with E-state index in [0.29, 0.717) is 12.0 Å². The molecule has 1 aliphatic carbocycles. The van der Waals surface area contributed by atoms with Crippen molar-refractivity contribution in [1.82, 2.24) is 10.2 Å². The Labute approximate surface area is 129 Å². The van der Waals surface area contributed by atoms with Crippen molar-refractivity contribution in [1.29, 1.82) is 0 Å². The minimum absolute atomic E-state index is 0. The van der Waals surface area contributed by atoms with Gasteiger partial charge < -0.3 is 5.32 Å². The molecule has 0 bridgehead atoms. The summed E-state index contributed by atoms with van der Waals surface area (Å²) in [6.07, 6.45) is 3.07. The Balaban J connectivity index is 0.00000161. The summed E-state index contributed by atoms with van der Waals surface area (Å²) < 4.78 is 41.0. The lowest BCUT2D eigenvalue weighted by molar-refractivity contribution is 0.156. The van der Waals surface area contributed by atoms with Crippen molar-refractivity contribution < 1.29 is 13.2 Å². The van der Waals surface area contributed by atoms with Gasteiger partial charge in [0, 0.05) is 43.9 Å². The average Bonchev–Trinajstić information content (AvgIpc) is 3.25. The van der Waals surface area contributed by atoms with Gasteiger partial charge in [0.2, 0.25) is 0 Å². The summed E-state index contributed by atoms with van der Waals surface area (Å²) in [7, 11) is 0. The number of rotatable bonds is 4. The quantitative estimate of drug-likeness (QED) is 0.857. The Morgan fingerprint density at radius 1 is 1.14 bits per heavy atom. The number of hydrogen-bond acceptors (Lipinski definition) is 2. The highest BCUT2D eigenvalue weighted by Crippen LogP contribution is 2.41. The molecule has 6 heteroatoms. The Kier molecular flexibility index (Phi) is 5.52. The Hall–Kier alpha value is -0.780. The van der Waals surface area contributed by atoms with Crippen molar-refractivity contribution in [2.45, 2.75) is 25.3 Å². The molecular weight excluding hydrogens is 301 g/mol. The summed E-state index contributed by atoms with van der Waals surface area (Å²) in [5.74, 6) is -2.11. The van der Waals surface area contributed by atoms with Crippen molar-refractivity contribution >= 4 is 12.4 Å². The number of benzene rings is 1. The molecule has 0 spiro atoms. The van der Waals surface area contributed by atoms with Gasteiger partial charge in [0.25, 0.3) is 0 Å². The topological polar surface area (TPSA) is 15.3 Å². The molecule has 1 aromatic rings. The minimum atomic E-state index is -1.09. The highest BCUT2D eigenvalue weighted by molar-refractivity contribution is 5.85.